The van der Waals surface area contributed by atoms with Crippen LogP contribution in [0.5, 0.6) is 0 Å². The molecule has 1 aliphatic rings. The van der Waals surface area contributed by atoms with Crippen molar-refractivity contribution in [3.63, 3.8) is 0 Å². The second-order valence-corrected chi connectivity index (χ2v) is 7.14. The summed E-state index contributed by atoms with van der Waals surface area (Å²) in [5.41, 5.74) is 2.63. The Hall–Kier alpha value is -0.840. The fourth-order valence-corrected chi connectivity index (χ4v) is 3.82. The molecule has 0 bridgehead atoms. The number of nitrogens with one attached hydrogen (secondary N) is 1. The smallest absolute Gasteiger partial charge is 0.0526 e. The van der Waals surface area contributed by atoms with E-state index in [0.717, 1.165) is 13.1 Å². The standard InChI is InChI=1S/C16H19BrN2S/c1-18-10-12-4-7-16(15(17)9-12)19(13-5-6-13)11-14-3-2-8-20-14/h2-4,7-9,13,18H,5-6,10-11H2,1H3. The van der Waals surface area contributed by atoms with Gasteiger partial charge < -0.3 is 10.2 Å². The van der Waals surface area contributed by atoms with Crippen molar-refractivity contribution in [2.45, 2.75) is 32.0 Å². The Balaban J connectivity index is 1.83. The molecule has 1 aliphatic carbocycles. The Morgan fingerprint density at radius 3 is 2.80 bits per heavy atom. The number of halogens is 1. The number of hydrogen-bond donors (Lipinski definition) is 1. The lowest BCUT2D eigenvalue weighted by molar-refractivity contribution is 0.795. The topological polar surface area (TPSA) is 15.3 Å². The second kappa shape index (κ2) is 6.29. The van der Waals surface area contributed by atoms with E-state index in [1.165, 1.54) is 33.4 Å². The van der Waals surface area contributed by atoms with E-state index in [-0.39, 0.29) is 0 Å². The van der Waals surface area contributed by atoms with Gasteiger partial charge in [0.2, 0.25) is 0 Å². The summed E-state index contributed by atoms with van der Waals surface area (Å²) in [6.07, 6.45) is 2.63. The predicted molar refractivity (Wildman–Crippen MR) is 90.4 cm³/mol. The first kappa shape index (κ1) is 14.1. The summed E-state index contributed by atoms with van der Waals surface area (Å²) in [6, 6.07) is 11.8. The van der Waals surface area contributed by atoms with Crippen LogP contribution in [-0.4, -0.2) is 13.1 Å². The first-order valence-electron chi connectivity index (χ1n) is 7.00. The van der Waals surface area contributed by atoms with Crippen LogP contribution in [0.15, 0.2) is 40.2 Å². The van der Waals surface area contributed by atoms with Crippen molar-refractivity contribution in [3.8, 4) is 0 Å². The number of benzene rings is 1. The maximum atomic E-state index is 3.75. The van der Waals surface area contributed by atoms with E-state index in [4.69, 9.17) is 0 Å². The van der Waals surface area contributed by atoms with Gasteiger partial charge in [-0.2, -0.15) is 0 Å². The van der Waals surface area contributed by atoms with Crippen molar-refractivity contribution in [3.05, 3.63) is 50.6 Å². The molecular formula is C16H19BrN2S. The molecule has 0 radical (unpaired) electrons. The normalized spacial score (nSPS) is 14.5. The number of hydrogen-bond acceptors (Lipinski definition) is 3. The molecule has 1 N–H and O–H groups in total. The van der Waals surface area contributed by atoms with Crippen molar-refractivity contribution in [2.75, 3.05) is 11.9 Å². The third kappa shape index (κ3) is 3.25. The minimum absolute atomic E-state index is 0.712. The summed E-state index contributed by atoms with van der Waals surface area (Å²) >= 11 is 5.59. The van der Waals surface area contributed by atoms with Gasteiger partial charge in [-0.15, -0.1) is 11.3 Å². The van der Waals surface area contributed by atoms with Crippen LogP contribution >= 0.6 is 27.3 Å². The van der Waals surface area contributed by atoms with Gasteiger partial charge in [-0.05, 0) is 65.0 Å². The molecule has 2 aromatic rings. The van der Waals surface area contributed by atoms with Crippen molar-refractivity contribution in [1.82, 2.24) is 5.32 Å². The third-order valence-corrected chi connectivity index (χ3v) is 5.09. The summed E-state index contributed by atoms with van der Waals surface area (Å²) in [6.45, 7) is 1.93. The van der Waals surface area contributed by atoms with Crippen molar-refractivity contribution >= 4 is 33.0 Å². The third-order valence-electron chi connectivity index (χ3n) is 3.60. The molecule has 0 aliphatic heterocycles. The molecular weight excluding hydrogens is 332 g/mol. The van der Waals surface area contributed by atoms with Gasteiger partial charge in [0.15, 0.2) is 0 Å². The number of anilines is 1. The maximum Gasteiger partial charge on any atom is 0.0526 e. The Morgan fingerprint density at radius 2 is 2.20 bits per heavy atom. The summed E-state index contributed by atoms with van der Waals surface area (Å²) < 4.78 is 1.20. The first-order valence-corrected chi connectivity index (χ1v) is 8.67. The summed E-state index contributed by atoms with van der Waals surface area (Å²) in [4.78, 5) is 3.97. The number of thiophene rings is 1. The first-order chi connectivity index (χ1) is 9.78. The maximum absolute atomic E-state index is 3.75. The van der Waals surface area contributed by atoms with Gasteiger partial charge in [-0.25, -0.2) is 0 Å². The van der Waals surface area contributed by atoms with Crippen molar-refractivity contribution < 1.29 is 0 Å². The molecule has 20 heavy (non-hydrogen) atoms. The Kier molecular flexibility index (Phi) is 4.44. The summed E-state index contributed by atoms with van der Waals surface area (Å²) in [7, 11) is 1.98. The zero-order valence-corrected chi connectivity index (χ0v) is 14.0. The molecule has 0 atom stereocenters. The Labute approximate surface area is 132 Å². The highest BCUT2D eigenvalue weighted by atomic mass is 79.9. The van der Waals surface area contributed by atoms with Crippen LogP contribution in [0, 0.1) is 0 Å². The number of rotatable bonds is 6. The molecule has 1 heterocycles. The van der Waals surface area contributed by atoms with Crippen LogP contribution in [0.3, 0.4) is 0 Å². The zero-order valence-electron chi connectivity index (χ0n) is 11.6. The number of nitrogens with zero attached hydrogens (tertiary/aromatic N) is 1. The summed E-state index contributed by atoms with van der Waals surface area (Å²) in [5.74, 6) is 0. The molecule has 0 amide bonds. The van der Waals surface area contributed by atoms with Gasteiger partial charge in [0, 0.05) is 21.9 Å². The minimum atomic E-state index is 0.712. The van der Waals surface area contributed by atoms with Crippen LogP contribution < -0.4 is 10.2 Å². The largest absolute Gasteiger partial charge is 0.362 e. The van der Waals surface area contributed by atoms with E-state index in [9.17, 15) is 0 Å². The fraction of sp³-hybridized carbons (Fsp3) is 0.375. The van der Waals surface area contributed by atoms with E-state index in [1.54, 1.807) is 0 Å². The Morgan fingerprint density at radius 1 is 1.35 bits per heavy atom. The predicted octanol–water partition coefficient (Wildman–Crippen LogP) is 4.40. The quantitative estimate of drug-likeness (QED) is 0.830. The molecule has 4 heteroatoms. The van der Waals surface area contributed by atoms with Gasteiger partial charge in [0.05, 0.1) is 12.2 Å². The van der Waals surface area contributed by atoms with Gasteiger partial charge in [-0.3, -0.25) is 0 Å². The molecule has 0 spiro atoms. The van der Waals surface area contributed by atoms with Crippen LogP contribution in [0.1, 0.15) is 23.3 Å². The Bertz CT molecular complexity index is 564. The average molecular weight is 351 g/mol. The molecule has 1 saturated carbocycles. The molecule has 2 nitrogen and oxygen atoms in total. The van der Waals surface area contributed by atoms with Gasteiger partial charge in [0.1, 0.15) is 0 Å². The molecule has 3 rings (SSSR count). The lowest BCUT2D eigenvalue weighted by atomic mass is 10.2. The van der Waals surface area contributed by atoms with Crippen LogP contribution in [0.4, 0.5) is 5.69 Å². The molecule has 106 valence electrons. The highest BCUT2D eigenvalue weighted by molar-refractivity contribution is 9.10. The van der Waals surface area contributed by atoms with Gasteiger partial charge in [0.25, 0.3) is 0 Å². The fourth-order valence-electron chi connectivity index (χ4n) is 2.47. The zero-order chi connectivity index (χ0) is 13.9. The van der Waals surface area contributed by atoms with E-state index in [0.29, 0.717) is 6.04 Å². The summed E-state index contributed by atoms with van der Waals surface area (Å²) in [5, 5.41) is 5.36. The lowest BCUT2D eigenvalue weighted by Crippen LogP contribution is -2.25. The van der Waals surface area contributed by atoms with Gasteiger partial charge >= 0.3 is 0 Å². The van der Waals surface area contributed by atoms with E-state index in [2.05, 4.69) is 61.9 Å². The van der Waals surface area contributed by atoms with Gasteiger partial charge in [-0.1, -0.05) is 12.1 Å². The minimum Gasteiger partial charge on any atom is -0.362 e. The average Bonchev–Trinajstić information content (AvgIpc) is 3.15. The van der Waals surface area contributed by atoms with E-state index < -0.39 is 0 Å². The molecule has 1 fully saturated rings. The van der Waals surface area contributed by atoms with Crippen LogP contribution in [0.25, 0.3) is 0 Å². The molecule has 0 saturated heterocycles. The highest BCUT2D eigenvalue weighted by Crippen LogP contribution is 2.37. The second-order valence-electron chi connectivity index (χ2n) is 5.25. The van der Waals surface area contributed by atoms with Crippen LogP contribution in [-0.2, 0) is 13.1 Å². The molecule has 0 unspecified atom stereocenters. The monoisotopic (exact) mass is 350 g/mol. The lowest BCUT2D eigenvalue weighted by Gasteiger charge is -2.25. The molecule has 1 aromatic carbocycles. The van der Waals surface area contributed by atoms with E-state index in [1.807, 2.05) is 18.4 Å². The van der Waals surface area contributed by atoms with Crippen molar-refractivity contribution in [1.29, 1.82) is 0 Å². The van der Waals surface area contributed by atoms with Crippen molar-refractivity contribution in [2.24, 2.45) is 0 Å². The SMILES string of the molecule is CNCc1ccc(N(Cc2cccs2)C2CC2)c(Br)c1. The molecule has 1 aromatic heterocycles. The highest BCUT2D eigenvalue weighted by Gasteiger charge is 2.30. The van der Waals surface area contributed by atoms with Crippen LogP contribution in [0.2, 0.25) is 0 Å². The van der Waals surface area contributed by atoms with E-state index >= 15 is 0 Å².